The molecule has 0 aliphatic carbocycles. The second-order valence-corrected chi connectivity index (χ2v) is 5.46. The highest BCUT2D eigenvalue weighted by Crippen LogP contribution is 2.06. The minimum absolute atomic E-state index is 0.277. The second kappa shape index (κ2) is 10.0. The summed E-state index contributed by atoms with van der Waals surface area (Å²) in [6.45, 7) is 1.32. The van der Waals surface area contributed by atoms with Gasteiger partial charge in [0.25, 0.3) is 0 Å². The van der Waals surface area contributed by atoms with Gasteiger partial charge >= 0.3 is 0 Å². The Balaban J connectivity index is 2.76. The van der Waals surface area contributed by atoms with Crippen LogP contribution in [0.25, 0.3) is 0 Å². The van der Waals surface area contributed by atoms with E-state index in [-0.39, 0.29) is 18.7 Å². The summed E-state index contributed by atoms with van der Waals surface area (Å²) in [5, 5.41) is 13.7. The van der Waals surface area contributed by atoms with Crippen molar-refractivity contribution in [1.29, 1.82) is 5.26 Å². The molecule has 0 aliphatic rings. The molecule has 0 unspecified atom stereocenters. The van der Waals surface area contributed by atoms with Crippen molar-refractivity contribution >= 4 is 17.7 Å². The molecule has 0 radical (unpaired) electrons. The lowest BCUT2D eigenvalue weighted by molar-refractivity contribution is -0.130. The highest BCUT2D eigenvalue weighted by atomic mass is 16.2. The van der Waals surface area contributed by atoms with Crippen molar-refractivity contribution < 1.29 is 14.4 Å². The Kier molecular flexibility index (Phi) is 7.99. The van der Waals surface area contributed by atoms with E-state index in [2.05, 4.69) is 10.6 Å². The van der Waals surface area contributed by atoms with E-state index in [0.29, 0.717) is 12.8 Å². The number of rotatable bonds is 9. The zero-order valence-electron chi connectivity index (χ0n) is 13.6. The van der Waals surface area contributed by atoms with Gasteiger partial charge in [0.15, 0.2) is 0 Å². The van der Waals surface area contributed by atoms with Crippen LogP contribution in [0.15, 0.2) is 30.3 Å². The summed E-state index contributed by atoms with van der Waals surface area (Å²) in [5.41, 5.74) is 6.18. The summed E-state index contributed by atoms with van der Waals surface area (Å²) in [4.78, 5) is 35.3. The number of nitrogens with two attached hydrogens (primary N) is 1. The Bertz CT molecular complexity index is 610. The van der Waals surface area contributed by atoms with Crippen LogP contribution in [-0.4, -0.2) is 29.8 Å². The van der Waals surface area contributed by atoms with Crippen LogP contribution in [0.2, 0.25) is 0 Å². The molecule has 3 amide bonds. The Morgan fingerprint density at radius 1 is 1.17 bits per heavy atom. The number of hydrogen-bond donors (Lipinski definition) is 3. The molecule has 2 atom stereocenters. The van der Waals surface area contributed by atoms with Crippen molar-refractivity contribution in [2.24, 2.45) is 5.73 Å². The molecule has 0 saturated carbocycles. The molecular weight excluding hydrogens is 308 g/mol. The Morgan fingerprint density at radius 2 is 1.83 bits per heavy atom. The minimum Gasteiger partial charge on any atom is -0.368 e. The molecule has 7 heteroatoms. The van der Waals surface area contributed by atoms with Crippen LogP contribution < -0.4 is 16.4 Å². The number of nitrogens with one attached hydrogen (secondary N) is 2. The van der Waals surface area contributed by atoms with Crippen LogP contribution in [0.3, 0.4) is 0 Å². The molecule has 0 spiro atoms. The van der Waals surface area contributed by atoms with Gasteiger partial charge in [-0.3, -0.25) is 14.4 Å². The van der Waals surface area contributed by atoms with Crippen LogP contribution in [0, 0.1) is 11.3 Å². The number of amides is 3. The highest BCUT2D eigenvalue weighted by molar-refractivity contribution is 5.91. The topological polar surface area (TPSA) is 125 Å². The fraction of sp³-hybridized carbons (Fsp3) is 0.412. The van der Waals surface area contributed by atoms with Crippen LogP contribution in [0.5, 0.6) is 0 Å². The molecule has 1 aromatic carbocycles. The fourth-order valence-corrected chi connectivity index (χ4v) is 2.25. The van der Waals surface area contributed by atoms with Crippen LogP contribution in [-0.2, 0) is 20.8 Å². The number of nitrogens with zero attached hydrogens (tertiary/aromatic N) is 1. The van der Waals surface area contributed by atoms with Gasteiger partial charge in [-0.2, -0.15) is 5.26 Å². The van der Waals surface area contributed by atoms with E-state index >= 15 is 0 Å². The molecule has 128 valence electrons. The molecule has 4 N–H and O–H groups in total. The molecule has 0 aliphatic heterocycles. The average Bonchev–Trinajstić information content (AvgIpc) is 2.53. The molecule has 1 aromatic rings. The van der Waals surface area contributed by atoms with Crippen LogP contribution >= 0.6 is 0 Å². The Hall–Kier alpha value is -2.88. The molecule has 7 nitrogen and oxygen atoms in total. The molecule has 0 fully saturated rings. The number of benzene rings is 1. The maximum absolute atomic E-state index is 12.4. The lowest BCUT2D eigenvalue weighted by atomic mass is 10.0. The smallest absolute Gasteiger partial charge is 0.243 e. The minimum atomic E-state index is -0.863. The van der Waals surface area contributed by atoms with E-state index in [1.54, 1.807) is 0 Å². The number of primary amides is 1. The van der Waals surface area contributed by atoms with E-state index < -0.39 is 23.9 Å². The fourth-order valence-electron chi connectivity index (χ4n) is 2.25. The first kappa shape index (κ1) is 19.2. The summed E-state index contributed by atoms with van der Waals surface area (Å²) in [6, 6.07) is 9.54. The summed E-state index contributed by atoms with van der Waals surface area (Å²) >= 11 is 0. The van der Waals surface area contributed by atoms with Gasteiger partial charge in [0, 0.05) is 19.8 Å². The van der Waals surface area contributed by atoms with Crippen molar-refractivity contribution in [3.05, 3.63) is 35.9 Å². The zero-order chi connectivity index (χ0) is 17.9. The van der Waals surface area contributed by atoms with Gasteiger partial charge < -0.3 is 16.4 Å². The number of hydrogen-bond acceptors (Lipinski definition) is 4. The molecule has 0 heterocycles. The number of carbonyl (C=O) groups excluding carboxylic acids is 3. The quantitative estimate of drug-likeness (QED) is 0.567. The predicted molar refractivity (Wildman–Crippen MR) is 88.3 cm³/mol. The van der Waals surface area contributed by atoms with E-state index in [1.807, 2.05) is 36.4 Å². The van der Waals surface area contributed by atoms with E-state index in [1.165, 1.54) is 6.92 Å². The second-order valence-electron chi connectivity index (χ2n) is 5.46. The van der Waals surface area contributed by atoms with E-state index in [4.69, 9.17) is 11.0 Å². The number of nitriles is 1. The average molecular weight is 330 g/mol. The highest BCUT2D eigenvalue weighted by Gasteiger charge is 2.24. The van der Waals surface area contributed by atoms with Crippen LogP contribution in [0.1, 0.15) is 31.7 Å². The van der Waals surface area contributed by atoms with Gasteiger partial charge in [-0.25, -0.2) is 0 Å². The third-order valence-corrected chi connectivity index (χ3v) is 3.42. The molecular formula is C17H22N4O3. The first-order valence-corrected chi connectivity index (χ1v) is 7.71. The third-order valence-electron chi connectivity index (χ3n) is 3.42. The van der Waals surface area contributed by atoms with Gasteiger partial charge in [-0.05, 0) is 18.4 Å². The van der Waals surface area contributed by atoms with Gasteiger partial charge in [0.1, 0.15) is 12.1 Å². The third kappa shape index (κ3) is 6.92. The van der Waals surface area contributed by atoms with Crippen LogP contribution in [0.4, 0.5) is 0 Å². The predicted octanol–water partition coefficient (Wildman–Crippen LogP) is 0.398. The molecule has 0 saturated heterocycles. The van der Waals surface area contributed by atoms with Crippen molar-refractivity contribution in [3.63, 3.8) is 0 Å². The van der Waals surface area contributed by atoms with Crippen molar-refractivity contribution in [3.8, 4) is 6.07 Å². The standard InChI is InChI=1S/C17H22N4O3/c1-12(22)20-15(11-13-7-3-2-4-8-13)17(24)21-14(16(19)23)9-5-6-10-18/h2-4,7-8,14-15H,5-6,9,11H2,1H3,(H2,19,23)(H,20,22)(H,21,24)/t14-,15-/m0/s1. The molecule has 0 bridgehead atoms. The maximum atomic E-state index is 12.4. The molecule has 1 rings (SSSR count). The number of unbranched alkanes of at least 4 members (excludes halogenated alkanes) is 1. The summed E-state index contributed by atoms with van der Waals surface area (Å²) in [7, 11) is 0. The van der Waals surface area contributed by atoms with Gasteiger partial charge in [-0.1, -0.05) is 30.3 Å². The Labute approximate surface area is 141 Å². The lowest BCUT2D eigenvalue weighted by Gasteiger charge is -2.21. The first-order valence-electron chi connectivity index (χ1n) is 7.71. The lowest BCUT2D eigenvalue weighted by Crippen LogP contribution is -2.53. The summed E-state index contributed by atoms with van der Waals surface area (Å²) < 4.78 is 0. The largest absolute Gasteiger partial charge is 0.368 e. The van der Waals surface area contributed by atoms with E-state index in [9.17, 15) is 14.4 Å². The maximum Gasteiger partial charge on any atom is 0.243 e. The summed E-state index contributed by atoms with van der Waals surface area (Å²) in [6.07, 6.45) is 1.31. The van der Waals surface area contributed by atoms with Crippen molar-refractivity contribution in [2.75, 3.05) is 0 Å². The van der Waals surface area contributed by atoms with Gasteiger partial charge in [-0.15, -0.1) is 0 Å². The zero-order valence-corrected chi connectivity index (χ0v) is 13.6. The van der Waals surface area contributed by atoms with Crippen molar-refractivity contribution in [1.82, 2.24) is 10.6 Å². The van der Waals surface area contributed by atoms with Crippen molar-refractivity contribution in [2.45, 2.75) is 44.7 Å². The van der Waals surface area contributed by atoms with Gasteiger partial charge in [0.2, 0.25) is 17.7 Å². The molecule has 24 heavy (non-hydrogen) atoms. The SMILES string of the molecule is CC(=O)N[C@@H](Cc1ccccc1)C(=O)N[C@@H](CCCC#N)C(N)=O. The summed E-state index contributed by atoms with van der Waals surface area (Å²) in [5.74, 6) is -1.48. The van der Waals surface area contributed by atoms with Gasteiger partial charge in [0.05, 0.1) is 6.07 Å². The normalized spacial score (nSPS) is 12.5. The Morgan fingerprint density at radius 3 is 2.38 bits per heavy atom. The molecule has 0 aromatic heterocycles. The van der Waals surface area contributed by atoms with E-state index in [0.717, 1.165) is 5.56 Å². The first-order chi connectivity index (χ1) is 11.4. The monoisotopic (exact) mass is 330 g/mol. The number of carbonyl (C=O) groups is 3.